The number of halogens is 8. The average molecular weight is 775 g/mol. The van der Waals surface area contributed by atoms with Crippen molar-refractivity contribution in [2.75, 3.05) is 27.7 Å². The van der Waals surface area contributed by atoms with Crippen LogP contribution in [0.25, 0.3) is 0 Å². The fraction of sp³-hybridized carbons (Fsp3) is 0.562. The van der Waals surface area contributed by atoms with E-state index < -0.39 is 89.7 Å². The zero-order valence-corrected chi connectivity index (χ0v) is 28.5. The Morgan fingerprint density at radius 2 is 1.56 bits per heavy atom. The summed E-state index contributed by atoms with van der Waals surface area (Å²) in [4.78, 5) is 7.31. The van der Waals surface area contributed by atoms with E-state index in [-0.39, 0.29) is 38.6 Å². The number of benzene rings is 1. The zero-order chi connectivity index (χ0) is 38.6. The van der Waals surface area contributed by atoms with Gasteiger partial charge in [0.1, 0.15) is 29.1 Å². The molecule has 52 heavy (non-hydrogen) atoms. The number of aliphatic hydroxyl groups excluding tert-OH is 3. The van der Waals surface area contributed by atoms with Gasteiger partial charge in [-0.2, -0.15) is 35.1 Å². The summed E-state index contributed by atoms with van der Waals surface area (Å²) in [6.45, 7) is -0.636. The lowest BCUT2D eigenvalue weighted by Crippen LogP contribution is -2.69. The second kappa shape index (κ2) is 14.2. The van der Waals surface area contributed by atoms with Gasteiger partial charge in [-0.15, -0.1) is 11.3 Å². The van der Waals surface area contributed by atoms with Crippen LogP contribution in [0.3, 0.4) is 0 Å². The third-order valence-electron chi connectivity index (χ3n) is 8.76. The molecule has 3 aromatic rings. The number of hydrogen-bond donors (Lipinski definition) is 5. The number of alkyl halides is 8. The molecule has 1 aliphatic heterocycles. The molecular weight excluding hydrogens is 738 g/mol. The van der Waals surface area contributed by atoms with Crippen LogP contribution in [0.5, 0.6) is 11.6 Å². The maximum atomic E-state index is 14.1. The molecule has 2 unspecified atom stereocenters. The van der Waals surface area contributed by atoms with E-state index in [1.807, 2.05) is 0 Å². The summed E-state index contributed by atoms with van der Waals surface area (Å²) in [5.74, 6) is -1.67. The Labute approximate surface area is 295 Å². The summed E-state index contributed by atoms with van der Waals surface area (Å²) in [6, 6.07) is 4.99. The quantitative estimate of drug-likeness (QED) is 0.136. The lowest BCUT2D eigenvalue weighted by atomic mass is 9.90. The third-order valence-corrected chi connectivity index (χ3v) is 9.98. The lowest BCUT2D eigenvalue weighted by Gasteiger charge is -2.47. The highest BCUT2D eigenvalue weighted by molar-refractivity contribution is 7.11. The van der Waals surface area contributed by atoms with Crippen LogP contribution in [0.15, 0.2) is 42.7 Å². The summed E-state index contributed by atoms with van der Waals surface area (Å²) in [6.07, 6.45) is -19.6. The molecule has 1 saturated heterocycles. The number of aromatic nitrogens is 2. The van der Waals surface area contributed by atoms with Crippen molar-refractivity contribution in [1.82, 2.24) is 9.97 Å². The van der Waals surface area contributed by atoms with Crippen molar-refractivity contribution >= 4 is 11.3 Å². The van der Waals surface area contributed by atoms with E-state index >= 15 is 0 Å². The summed E-state index contributed by atoms with van der Waals surface area (Å²) < 4.78 is 128. The van der Waals surface area contributed by atoms with Gasteiger partial charge in [0.25, 0.3) is 6.29 Å². The Morgan fingerprint density at radius 3 is 2.08 bits per heavy atom. The van der Waals surface area contributed by atoms with Crippen LogP contribution in [-0.2, 0) is 22.9 Å². The first-order chi connectivity index (χ1) is 24.0. The zero-order valence-electron chi connectivity index (χ0n) is 27.6. The summed E-state index contributed by atoms with van der Waals surface area (Å²) in [5, 5.41) is 48.6. The molecule has 2 aliphatic rings. The lowest BCUT2D eigenvalue weighted by molar-refractivity contribution is -0.909. The van der Waals surface area contributed by atoms with Gasteiger partial charge in [-0.25, -0.2) is 9.97 Å². The van der Waals surface area contributed by atoms with Crippen LogP contribution < -0.4 is 9.47 Å². The molecule has 1 aliphatic carbocycles. The van der Waals surface area contributed by atoms with Crippen molar-refractivity contribution in [2.45, 2.75) is 86.0 Å². The number of thiazole rings is 1. The van der Waals surface area contributed by atoms with Crippen molar-refractivity contribution in [1.29, 1.82) is 0 Å². The van der Waals surface area contributed by atoms with Crippen molar-refractivity contribution in [3.63, 3.8) is 0 Å². The van der Waals surface area contributed by atoms with Crippen LogP contribution in [0.1, 0.15) is 45.3 Å². The topological polar surface area (TPSA) is 155 Å². The molecular formula is C32H36F8N3O8S+. The number of likely N-dealkylation sites (N-methyl/N-ethyl adjacent to an activating group) is 1. The maximum Gasteiger partial charge on any atom is 0.433 e. The SMILES string of the molecule is C[N+](C)(C)[C@@H]1C(O)[C@H](O)C(CO)O[C@H]1Oc1ccc(C[C@@H](c2ccc(C(O)(F)F)c(OC3CC3)c2)c2cnc(C(O)(C(F)(F)F)C(F)(F)F)s2)cn1. The van der Waals surface area contributed by atoms with Crippen LogP contribution in [0, 0.1) is 0 Å². The minimum Gasteiger partial charge on any atom is -0.490 e. The van der Waals surface area contributed by atoms with E-state index in [0.29, 0.717) is 18.4 Å². The van der Waals surface area contributed by atoms with Crippen molar-refractivity contribution in [2.24, 2.45) is 0 Å². The molecule has 0 bridgehead atoms. The van der Waals surface area contributed by atoms with E-state index in [1.165, 1.54) is 18.3 Å². The summed E-state index contributed by atoms with van der Waals surface area (Å²) in [7, 11) is 5.13. The number of ether oxygens (including phenoxy) is 3. The monoisotopic (exact) mass is 774 g/mol. The number of pyridine rings is 1. The Bertz CT molecular complexity index is 1680. The summed E-state index contributed by atoms with van der Waals surface area (Å²) >= 11 is -0.0782. The minimum atomic E-state index is -6.20. The van der Waals surface area contributed by atoms with Gasteiger partial charge in [-0.05, 0) is 42.5 Å². The number of nitrogens with zero attached hydrogens (tertiary/aromatic N) is 3. The molecule has 5 N–H and O–H groups in total. The minimum absolute atomic E-state index is 0.0563. The van der Waals surface area contributed by atoms with Gasteiger partial charge in [0.05, 0.1) is 39.4 Å². The Morgan fingerprint density at radius 1 is 0.904 bits per heavy atom. The molecule has 6 atom stereocenters. The molecule has 1 aromatic carbocycles. The first-order valence-electron chi connectivity index (χ1n) is 15.7. The van der Waals surface area contributed by atoms with Gasteiger partial charge < -0.3 is 44.2 Å². The number of rotatable bonds is 12. The van der Waals surface area contributed by atoms with Crippen LogP contribution >= 0.6 is 11.3 Å². The van der Waals surface area contributed by atoms with Gasteiger partial charge in [0.15, 0.2) is 6.04 Å². The van der Waals surface area contributed by atoms with Gasteiger partial charge >= 0.3 is 24.1 Å². The van der Waals surface area contributed by atoms with Gasteiger partial charge in [-0.3, -0.25) is 0 Å². The number of aliphatic hydroxyl groups is 5. The largest absolute Gasteiger partial charge is 0.490 e. The van der Waals surface area contributed by atoms with E-state index in [9.17, 15) is 60.7 Å². The van der Waals surface area contributed by atoms with Gasteiger partial charge in [0, 0.05) is 29.3 Å². The molecule has 20 heteroatoms. The number of hydrogen-bond acceptors (Lipinski definition) is 11. The molecule has 0 spiro atoms. The first-order valence-corrected chi connectivity index (χ1v) is 16.6. The molecule has 288 valence electrons. The highest BCUT2D eigenvalue weighted by Gasteiger charge is 2.73. The normalized spacial score (nSPS) is 24.1. The second-order valence-electron chi connectivity index (χ2n) is 13.6. The van der Waals surface area contributed by atoms with Gasteiger partial charge in [0.2, 0.25) is 5.88 Å². The maximum absolute atomic E-state index is 14.1. The molecule has 1 saturated carbocycles. The van der Waals surface area contributed by atoms with E-state index in [0.717, 1.165) is 24.4 Å². The van der Waals surface area contributed by atoms with E-state index in [1.54, 1.807) is 21.1 Å². The van der Waals surface area contributed by atoms with Crippen LogP contribution in [0.2, 0.25) is 0 Å². The molecule has 5 rings (SSSR count). The molecule has 0 radical (unpaired) electrons. The van der Waals surface area contributed by atoms with E-state index in [2.05, 4.69) is 9.97 Å². The molecule has 2 fully saturated rings. The van der Waals surface area contributed by atoms with Crippen molar-refractivity contribution < 1.29 is 79.3 Å². The Kier molecular flexibility index (Phi) is 10.9. The average Bonchev–Trinajstić information content (AvgIpc) is 3.71. The highest BCUT2D eigenvalue weighted by Crippen LogP contribution is 2.52. The summed E-state index contributed by atoms with van der Waals surface area (Å²) in [5.41, 5.74) is -5.80. The van der Waals surface area contributed by atoms with Crippen LogP contribution in [-0.4, -0.2) is 117 Å². The highest BCUT2D eigenvalue weighted by atomic mass is 32.1. The molecule has 0 amide bonds. The molecule has 3 heterocycles. The van der Waals surface area contributed by atoms with Crippen molar-refractivity contribution in [3.8, 4) is 11.6 Å². The van der Waals surface area contributed by atoms with E-state index in [4.69, 9.17) is 14.2 Å². The predicted octanol–water partition coefficient (Wildman–Crippen LogP) is 3.70. The first kappa shape index (κ1) is 40.0. The molecule has 11 nitrogen and oxygen atoms in total. The smallest absolute Gasteiger partial charge is 0.433 e. The predicted molar refractivity (Wildman–Crippen MR) is 164 cm³/mol. The Balaban J connectivity index is 1.51. The van der Waals surface area contributed by atoms with Crippen molar-refractivity contribution in [3.05, 3.63) is 69.3 Å². The third kappa shape index (κ3) is 8.13. The standard InChI is InChI=1S/C32H36F8N3O8S/c1-43(2,3)24-26(46)25(45)21(14-44)50-27(24)51-23-9-4-15(12-41-23)10-18(16-5-8-19(30(33,34)48)20(11-16)49-17-6-7-17)22-13-42-28(52-22)29(47,31(35,36)37)32(38,39)40/h4-5,8-9,11-13,17-18,21,24-27,44-48H,6-7,10,14H2,1-3H3/q+1/t18-,21?,24+,25+,26?,27-/m0/s1. The fourth-order valence-electron chi connectivity index (χ4n) is 5.81. The molecule has 2 aromatic heterocycles. The second-order valence-corrected chi connectivity index (χ2v) is 14.6. The number of quaternary nitrogens is 1. The fourth-order valence-corrected chi connectivity index (χ4v) is 6.99. The van der Waals surface area contributed by atoms with Crippen LogP contribution in [0.4, 0.5) is 35.1 Å². The Hall–Kier alpha value is -3.24. The van der Waals surface area contributed by atoms with Gasteiger partial charge in [-0.1, -0.05) is 12.1 Å².